The number of nitrogens with zero attached hydrogens (tertiary/aromatic N) is 3. The Bertz CT molecular complexity index is 1860. The lowest BCUT2D eigenvalue weighted by Gasteiger charge is -2.36. The lowest BCUT2D eigenvalue weighted by molar-refractivity contribution is -0.116. The van der Waals surface area contributed by atoms with Crippen LogP contribution in [0.4, 0.5) is 29.1 Å². The summed E-state index contributed by atoms with van der Waals surface area (Å²) in [6.45, 7) is 1.000. The smallest absolute Gasteiger partial charge is 0.245 e. The fraction of sp³-hybridized carbons (Fsp3) is 0.281. The van der Waals surface area contributed by atoms with Gasteiger partial charge in [-0.25, -0.2) is 31.0 Å². The highest BCUT2D eigenvalue weighted by Crippen LogP contribution is 2.53. The zero-order chi connectivity index (χ0) is 32.6. The summed E-state index contributed by atoms with van der Waals surface area (Å²) in [4.78, 5) is 21.2. The molecule has 2 aromatic carbocycles. The van der Waals surface area contributed by atoms with E-state index in [1.54, 1.807) is 0 Å². The molecule has 1 saturated heterocycles. The van der Waals surface area contributed by atoms with Crippen LogP contribution in [0.2, 0.25) is 0 Å². The maximum Gasteiger partial charge on any atom is 0.245 e. The molecule has 1 aliphatic carbocycles. The van der Waals surface area contributed by atoms with Gasteiger partial charge in [-0.05, 0) is 66.3 Å². The Morgan fingerprint density at radius 1 is 1.00 bits per heavy atom. The van der Waals surface area contributed by atoms with Crippen molar-refractivity contribution in [2.24, 2.45) is 5.92 Å². The van der Waals surface area contributed by atoms with Gasteiger partial charge >= 0.3 is 0 Å². The number of carbonyl (C=O) groups excluding carboxylic acids is 1. The molecule has 3 atom stereocenters. The second-order valence-electron chi connectivity index (χ2n) is 11.6. The number of anilines is 2. The molecule has 1 amide bonds. The number of nitrogens with one attached hydrogen (secondary N) is 2. The highest BCUT2D eigenvalue weighted by Gasteiger charge is 2.62. The van der Waals surface area contributed by atoms with Crippen molar-refractivity contribution in [1.82, 2.24) is 19.6 Å². The SMILES string of the molecule is Nc1ccc(S(=O)(=O)N2CCNC[C@]23C[C@H]3Cc2c(F)cncc2NC(=O)C[C@@H](c2ccc(F)cc2)c2cc(F)cc(F)c2)cn1. The summed E-state index contributed by atoms with van der Waals surface area (Å²) in [6.07, 6.45) is 3.79. The van der Waals surface area contributed by atoms with Crippen molar-refractivity contribution in [2.45, 2.75) is 35.6 Å². The number of amides is 1. The molecule has 3 heterocycles. The maximum absolute atomic E-state index is 15.3. The van der Waals surface area contributed by atoms with E-state index in [-0.39, 0.29) is 52.8 Å². The highest BCUT2D eigenvalue weighted by molar-refractivity contribution is 7.89. The van der Waals surface area contributed by atoms with Gasteiger partial charge in [0, 0.05) is 49.8 Å². The third-order valence-electron chi connectivity index (χ3n) is 8.65. The molecule has 9 nitrogen and oxygen atoms in total. The lowest BCUT2D eigenvalue weighted by atomic mass is 9.88. The molecule has 240 valence electrons. The summed E-state index contributed by atoms with van der Waals surface area (Å²) in [6, 6.07) is 11.0. The van der Waals surface area contributed by atoms with Gasteiger partial charge in [0.05, 0.1) is 23.6 Å². The first-order valence-electron chi connectivity index (χ1n) is 14.5. The number of aromatic nitrogens is 2. The van der Waals surface area contributed by atoms with Crippen LogP contribution in [0.15, 0.2) is 78.1 Å². The molecular weight excluding hydrogens is 624 g/mol. The average Bonchev–Trinajstić information content (AvgIpc) is 3.68. The van der Waals surface area contributed by atoms with Crippen molar-refractivity contribution in [3.05, 3.63) is 113 Å². The highest BCUT2D eigenvalue weighted by atomic mass is 32.2. The van der Waals surface area contributed by atoms with Crippen molar-refractivity contribution >= 4 is 27.4 Å². The monoisotopic (exact) mass is 654 g/mol. The fourth-order valence-electron chi connectivity index (χ4n) is 6.29. The number of piperazine rings is 1. The predicted molar refractivity (Wildman–Crippen MR) is 162 cm³/mol. The molecule has 4 N–H and O–H groups in total. The minimum atomic E-state index is -3.94. The van der Waals surface area contributed by atoms with Crippen LogP contribution in [0.3, 0.4) is 0 Å². The van der Waals surface area contributed by atoms with Crippen LogP contribution >= 0.6 is 0 Å². The summed E-state index contributed by atoms with van der Waals surface area (Å²) in [7, 11) is -3.94. The van der Waals surface area contributed by atoms with E-state index >= 15 is 4.39 Å². The number of nitrogen functional groups attached to an aromatic ring is 1. The second kappa shape index (κ2) is 12.4. The fourth-order valence-corrected chi connectivity index (χ4v) is 8.07. The minimum Gasteiger partial charge on any atom is -0.384 e. The first-order valence-corrected chi connectivity index (χ1v) is 16.0. The van der Waals surface area contributed by atoms with Crippen LogP contribution in [0, 0.1) is 29.2 Å². The van der Waals surface area contributed by atoms with Gasteiger partial charge < -0.3 is 16.4 Å². The maximum atomic E-state index is 15.3. The summed E-state index contributed by atoms with van der Waals surface area (Å²) >= 11 is 0. The van der Waals surface area contributed by atoms with Crippen LogP contribution in [-0.4, -0.2) is 53.8 Å². The zero-order valence-electron chi connectivity index (χ0n) is 24.4. The lowest BCUT2D eigenvalue weighted by Crippen LogP contribution is -2.56. The second-order valence-corrected chi connectivity index (χ2v) is 13.5. The Hall–Kier alpha value is -4.40. The molecule has 6 rings (SSSR count). The van der Waals surface area contributed by atoms with Gasteiger partial charge in [-0.3, -0.25) is 9.78 Å². The molecule has 0 unspecified atom stereocenters. The first kappa shape index (κ1) is 31.6. The standard InChI is InChI=1S/C32H30F4N6O3S/c33-22-3-1-19(2-4-22)26(20-9-23(34)12-24(35)10-20)13-31(43)41-29-17-39-16-28(36)27(29)11-21-14-32(21)18-38-7-8-42(32)46(44,45)25-5-6-30(37)40-15-25/h1-6,9-10,12,15-17,21,26,38H,7-8,11,13-14,18H2,(H2,37,40)(H,41,43)/t21-,26+,32+/m1/s1. The van der Waals surface area contributed by atoms with Crippen LogP contribution in [0.5, 0.6) is 0 Å². The molecule has 2 aliphatic rings. The molecular formula is C32H30F4N6O3S. The number of hydrogen-bond acceptors (Lipinski definition) is 7. The van der Waals surface area contributed by atoms with Crippen molar-refractivity contribution < 1.29 is 30.8 Å². The molecule has 1 spiro atoms. The molecule has 46 heavy (non-hydrogen) atoms. The quantitative estimate of drug-likeness (QED) is 0.229. The number of halogens is 4. The Morgan fingerprint density at radius 2 is 1.74 bits per heavy atom. The molecule has 2 aromatic heterocycles. The van der Waals surface area contributed by atoms with Crippen LogP contribution in [0.25, 0.3) is 0 Å². The Balaban J connectivity index is 1.23. The topological polar surface area (TPSA) is 130 Å². The van der Waals surface area contributed by atoms with E-state index in [0.29, 0.717) is 31.1 Å². The molecule has 0 bridgehead atoms. The van der Waals surface area contributed by atoms with Crippen molar-refractivity contribution in [1.29, 1.82) is 0 Å². The van der Waals surface area contributed by atoms with Crippen LogP contribution in [-0.2, 0) is 21.2 Å². The average molecular weight is 655 g/mol. The van der Waals surface area contributed by atoms with E-state index in [4.69, 9.17) is 5.73 Å². The third-order valence-corrected chi connectivity index (χ3v) is 10.6. The van der Waals surface area contributed by atoms with Crippen molar-refractivity contribution in [3.8, 4) is 0 Å². The molecule has 1 saturated carbocycles. The summed E-state index contributed by atoms with van der Waals surface area (Å²) in [5, 5.41) is 5.94. The van der Waals surface area contributed by atoms with E-state index < -0.39 is 50.7 Å². The summed E-state index contributed by atoms with van der Waals surface area (Å²) in [5.74, 6) is -4.41. The molecule has 14 heteroatoms. The number of hydrogen-bond donors (Lipinski definition) is 3. The minimum absolute atomic E-state index is 0.00514. The van der Waals surface area contributed by atoms with Gasteiger partial charge in [-0.1, -0.05) is 12.1 Å². The molecule has 0 radical (unpaired) electrons. The van der Waals surface area contributed by atoms with E-state index in [2.05, 4.69) is 20.6 Å². The van der Waals surface area contributed by atoms with Crippen LogP contribution in [0.1, 0.15) is 35.4 Å². The summed E-state index contributed by atoms with van der Waals surface area (Å²) in [5.41, 5.74) is 5.68. The number of pyridine rings is 2. The normalized spacial score (nSPS) is 20.4. The van der Waals surface area contributed by atoms with Gasteiger partial charge in [0.2, 0.25) is 15.9 Å². The number of benzene rings is 2. The van der Waals surface area contributed by atoms with E-state index in [9.17, 15) is 26.4 Å². The number of nitrogens with two attached hydrogens (primary N) is 1. The molecule has 4 aromatic rings. The number of rotatable bonds is 9. The molecule has 2 fully saturated rings. The van der Waals surface area contributed by atoms with Crippen molar-refractivity contribution in [2.75, 3.05) is 30.7 Å². The van der Waals surface area contributed by atoms with Gasteiger partial charge in [0.1, 0.15) is 34.0 Å². The Kier molecular flexibility index (Phi) is 8.53. The Morgan fingerprint density at radius 3 is 2.43 bits per heavy atom. The molecule has 1 aliphatic heterocycles. The largest absolute Gasteiger partial charge is 0.384 e. The predicted octanol–water partition coefficient (Wildman–Crippen LogP) is 4.37. The number of sulfonamides is 1. The van der Waals surface area contributed by atoms with Gasteiger partial charge in [0.15, 0.2) is 0 Å². The van der Waals surface area contributed by atoms with Gasteiger partial charge in [0.25, 0.3) is 0 Å². The Labute approximate surface area is 262 Å². The van der Waals surface area contributed by atoms with E-state index in [1.807, 2.05) is 0 Å². The van der Waals surface area contributed by atoms with Gasteiger partial charge in [-0.2, -0.15) is 4.31 Å². The van der Waals surface area contributed by atoms with E-state index in [0.717, 1.165) is 18.3 Å². The number of carbonyl (C=O) groups is 1. The van der Waals surface area contributed by atoms with Crippen LogP contribution < -0.4 is 16.4 Å². The zero-order valence-corrected chi connectivity index (χ0v) is 25.2. The van der Waals surface area contributed by atoms with Gasteiger partial charge in [-0.15, -0.1) is 0 Å². The van der Waals surface area contributed by atoms with Crippen molar-refractivity contribution in [3.63, 3.8) is 0 Å². The third kappa shape index (κ3) is 6.32. The summed E-state index contributed by atoms with van der Waals surface area (Å²) < 4.78 is 85.9. The van der Waals surface area contributed by atoms with E-state index in [1.165, 1.54) is 53.1 Å². The first-order chi connectivity index (χ1) is 22.0.